The van der Waals surface area contributed by atoms with E-state index in [-0.39, 0.29) is 5.56 Å². The van der Waals surface area contributed by atoms with E-state index in [2.05, 4.69) is 10.3 Å². The summed E-state index contributed by atoms with van der Waals surface area (Å²) in [5.41, 5.74) is 2.16. The Morgan fingerprint density at radius 3 is 2.44 bits per heavy atom. The summed E-state index contributed by atoms with van der Waals surface area (Å²) < 4.78 is 42.1. The quantitative estimate of drug-likeness (QED) is 0.439. The summed E-state index contributed by atoms with van der Waals surface area (Å²) in [6.07, 6.45) is -4.53. The molecule has 3 aromatic carbocycles. The molecular formula is C25H20F3N3O3. The molecule has 0 saturated heterocycles. The molecule has 0 unspecified atom stereocenters. The monoisotopic (exact) mass is 467 g/mol. The fourth-order valence-corrected chi connectivity index (χ4v) is 3.54. The van der Waals surface area contributed by atoms with Crippen molar-refractivity contribution in [1.29, 1.82) is 0 Å². The molecule has 9 heteroatoms. The van der Waals surface area contributed by atoms with Crippen LogP contribution in [-0.4, -0.2) is 43.2 Å². The molecule has 0 spiro atoms. The SMILES string of the molecule is COc1ccc2cc(-c3cc(C(=O)NCC(=O)NCC(F)(F)F)c4ccccc4n3)ccc2c1. The molecule has 4 aromatic rings. The van der Waals surface area contributed by atoms with E-state index in [1.807, 2.05) is 36.4 Å². The van der Waals surface area contributed by atoms with Gasteiger partial charge in [-0.3, -0.25) is 9.59 Å². The maximum Gasteiger partial charge on any atom is 0.405 e. The number of nitrogens with zero attached hydrogens (tertiary/aromatic N) is 1. The average Bonchev–Trinajstić information content (AvgIpc) is 2.84. The van der Waals surface area contributed by atoms with Crippen molar-refractivity contribution in [3.8, 4) is 17.0 Å². The molecule has 0 aliphatic heterocycles. The molecule has 6 nitrogen and oxygen atoms in total. The highest BCUT2D eigenvalue weighted by Crippen LogP contribution is 2.29. The predicted molar refractivity (Wildman–Crippen MR) is 123 cm³/mol. The van der Waals surface area contributed by atoms with Crippen LogP contribution < -0.4 is 15.4 Å². The summed E-state index contributed by atoms with van der Waals surface area (Å²) >= 11 is 0. The van der Waals surface area contributed by atoms with Gasteiger partial charge in [0.1, 0.15) is 12.3 Å². The Balaban J connectivity index is 1.64. The van der Waals surface area contributed by atoms with Crippen molar-refractivity contribution in [2.75, 3.05) is 20.2 Å². The van der Waals surface area contributed by atoms with Crippen LogP contribution in [0.25, 0.3) is 32.9 Å². The smallest absolute Gasteiger partial charge is 0.405 e. The number of carbonyl (C=O) groups is 2. The van der Waals surface area contributed by atoms with Gasteiger partial charge in [-0.05, 0) is 41.1 Å². The largest absolute Gasteiger partial charge is 0.497 e. The molecule has 0 bridgehead atoms. The van der Waals surface area contributed by atoms with Crippen LogP contribution in [-0.2, 0) is 4.79 Å². The standard InChI is InChI=1S/C25H20F3N3O3/c1-34-18-9-8-15-10-17(7-6-16(15)11-18)22-12-20(19-4-2-3-5-21(19)31-22)24(33)29-13-23(32)30-14-25(26,27)28/h2-12H,13-14H2,1H3,(H,29,33)(H,30,32). The van der Waals surface area contributed by atoms with Crippen molar-refractivity contribution in [2.24, 2.45) is 0 Å². The number of carbonyl (C=O) groups excluding carboxylic acids is 2. The summed E-state index contributed by atoms with van der Waals surface area (Å²) in [6, 6.07) is 20.1. The van der Waals surface area contributed by atoms with Crippen molar-refractivity contribution in [2.45, 2.75) is 6.18 Å². The highest BCUT2D eigenvalue weighted by molar-refractivity contribution is 6.08. The van der Waals surface area contributed by atoms with Gasteiger partial charge in [-0.15, -0.1) is 0 Å². The average molecular weight is 467 g/mol. The molecule has 0 saturated carbocycles. The minimum absolute atomic E-state index is 0.263. The van der Waals surface area contributed by atoms with Gasteiger partial charge in [-0.25, -0.2) is 4.98 Å². The highest BCUT2D eigenvalue weighted by Gasteiger charge is 2.27. The zero-order chi connectivity index (χ0) is 24.3. The van der Waals surface area contributed by atoms with Crippen LogP contribution in [0.2, 0.25) is 0 Å². The topological polar surface area (TPSA) is 80.3 Å². The Morgan fingerprint density at radius 2 is 1.68 bits per heavy atom. The number of ether oxygens (including phenoxy) is 1. The number of aromatic nitrogens is 1. The molecule has 1 heterocycles. The van der Waals surface area contributed by atoms with Crippen LogP contribution >= 0.6 is 0 Å². The number of methoxy groups -OCH3 is 1. The number of hydrogen-bond donors (Lipinski definition) is 2. The van der Waals surface area contributed by atoms with E-state index >= 15 is 0 Å². The Morgan fingerprint density at radius 1 is 0.941 bits per heavy atom. The van der Waals surface area contributed by atoms with Crippen molar-refractivity contribution >= 4 is 33.5 Å². The van der Waals surface area contributed by atoms with Gasteiger partial charge in [0, 0.05) is 10.9 Å². The molecule has 0 radical (unpaired) electrons. The number of hydrogen-bond acceptors (Lipinski definition) is 4. The molecule has 1 aromatic heterocycles. The van der Waals surface area contributed by atoms with Gasteiger partial charge in [0.25, 0.3) is 5.91 Å². The predicted octanol–water partition coefficient (Wildman–Crippen LogP) is 4.47. The second-order valence-corrected chi connectivity index (χ2v) is 7.57. The van der Waals surface area contributed by atoms with Gasteiger partial charge >= 0.3 is 6.18 Å². The van der Waals surface area contributed by atoms with Crippen molar-refractivity contribution in [3.63, 3.8) is 0 Å². The van der Waals surface area contributed by atoms with E-state index < -0.39 is 31.1 Å². The van der Waals surface area contributed by atoms with Gasteiger partial charge in [0.2, 0.25) is 5.91 Å². The van der Waals surface area contributed by atoms with E-state index in [1.54, 1.807) is 42.8 Å². The van der Waals surface area contributed by atoms with Gasteiger partial charge in [-0.2, -0.15) is 13.2 Å². The van der Waals surface area contributed by atoms with Crippen molar-refractivity contribution in [1.82, 2.24) is 15.6 Å². The normalized spacial score (nSPS) is 11.4. The minimum atomic E-state index is -4.53. The van der Waals surface area contributed by atoms with E-state index in [1.165, 1.54) is 0 Å². The Labute approximate surface area is 192 Å². The first-order valence-electron chi connectivity index (χ1n) is 10.3. The number of fused-ring (bicyclic) bond motifs is 2. The second kappa shape index (κ2) is 9.38. The number of pyridine rings is 1. The summed E-state index contributed by atoms with van der Waals surface area (Å²) in [5.74, 6) is -0.788. The van der Waals surface area contributed by atoms with Crippen LogP contribution in [0, 0.1) is 0 Å². The fraction of sp³-hybridized carbons (Fsp3) is 0.160. The van der Waals surface area contributed by atoms with Gasteiger partial charge in [0.15, 0.2) is 0 Å². The maximum atomic E-state index is 12.9. The van der Waals surface area contributed by atoms with Gasteiger partial charge < -0.3 is 15.4 Å². The first-order chi connectivity index (χ1) is 16.2. The van der Waals surface area contributed by atoms with Crippen LogP contribution in [0.1, 0.15) is 10.4 Å². The summed E-state index contributed by atoms with van der Waals surface area (Å²) in [4.78, 5) is 29.2. The summed E-state index contributed by atoms with van der Waals surface area (Å²) in [7, 11) is 1.60. The Bertz CT molecular complexity index is 1390. The number of nitrogens with one attached hydrogen (secondary N) is 2. The van der Waals surface area contributed by atoms with E-state index in [4.69, 9.17) is 4.74 Å². The van der Waals surface area contributed by atoms with E-state index in [9.17, 15) is 22.8 Å². The third kappa shape index (κ3) is 5.25. The summed E-state index contributed by atoms with van der Waals surface area (Å²) in [5, 5.41) is 6.61. The lowest BCUT2D eigenvalue weighted by molar-refractivity contribution is -0.137. The molecule has 0 fully saturated rings. The molecule has 0 aliphatic carbocycles. The number of halogens is 3. The second-order valence-electron chi connectivity index (χ2n) is 7.57. The number of alkyl halides is 3. The third-order valence-corrected chi connectivity index (χ3v) is 5.20. The number of para-hydroxylation sites is 1. The van der Waals surface area contributed by atoms with Crippen molar-refractivity contribution < 1.29 is 27.5 Å². The number of rotatable bonds is 6. The lowest BCUT2D eigenvalue weighted by Gasteiger charge is -2.12. The molecular weight excluding hydrogens is 447 g/mol. The molecule has 174 valence electrons. The lowest BCUT2D eigenvalue weighted by Crippen LogP contribution is -2.40. The van der Waals surface area contributed by atoms with Gasteiger partial charge in [0.05, 0.1) is 30.4 Å². The first-order valence-corrected chi connectivity index (χ1v) is 10.3. The zero-order valence-corrected chi connectivity index (χ0v) is 18.1. The first kappa shape index (κ1) is 23.0. The van der Waals surface area contributed by atoms with Crippen LogP contribution in [0.5, 0.6) is 5.75 Å². The maximum absolute atomic E-state index is 12.9. The lowest BCUT2D eigenvalue weighted by atomic mass is 10.0. The summed E-state index contributed by atoms with van der Waals surface area (Å²) in [6.45, 7) is -2.05. The minimum Gasteiger partial charge on any atom is -0.497 e. The number of amides is 2. The fourth-order valence-electron chi connectivity index (χ4n) is 3.54. The molecule has 2 amide bonds. The van der Waals surface area contributed by atoms with Crippen molar-refractivity contribution in [3.05, 3.63) is 72.3 Å². The molecule has 2 N–H and O–H groups in total. The third-order valence-electron chi connectivity index (χ3n) is 5.20. The van der Waals surface area contributed by atoms with Crippen LogP contribution in [0.15, 0.2) is 66.7 Å². The number of benzene rings is 3. The molecule has 4 rings (SSSR count). The van der Waals surface area contributed by atoms with E-state index in [0.717, 1.165) is 22.1 Å². The Kier molecular flexibility index (Phi) is 6.36. The molecule has 0 aliphatic rings. The Hall–Kier alpha value is -4.14. The van der Waals surface area contributed by atoms with E-state index in [0.29, 0.717) is 16.6 Å². The molecule has 0 atom stereocenters. The molecule has 34 heavy (non-hydrogen) atoms. The van der Waals surface area contributed by atoms with Gasteiger partial charge in [-0.1, -0.05) is 36.4 Å². The zero-order valence-electron chi connectivity index (χ0n) is 18.1. The van der Waals surface area contributed by atoms with Crippen LogP contribution in [0.4, 0.5) is 13.2 Å². The van der Waals surface area contributed by atoms with Crippen LogP contribution in [0.3, 0.4) is 0 Å². The highest BCUT2D eigenvalue weighted by atomic mass is 19.4.